The average Bonchev–Trinajstić information content (AvgIpc) is 2.77. The first-order valence-corrected chi connectivity index (χ1v) is 6.51. The van der Waals surface area contributed by atoms with Gasteiger partial charge in [0.05, 0.1) is 0 Å². The first-order valence-electron chi connectivity index (χ1n) is 6.51. The van der Waals surface area contributed by atoms with Gasteiger partial charge in [0.25, 0.3) is 5.56 Å². The molecule has 0 unspecified atom stereocenters. The monoisotopic (exact) mass is 234 g/mol. The van der Waals surface area contributed by atoms with Crippen LogP contribution in [0.5, 0.6) is 0 Å². The summed E-state index contributed by atoms with van der Waals surface area (Å²) in [6, 6.07) is 2.57. The number of aryl methyl sites for hydroxylation is 2. The summed E-state index contributed by atoms with van der Waals surface area (Å²) in [5.41, 5.74) is 3.35. The standard InChI is InChI=1S/C14H22N2O/c1-10-8-11(2)16(12-6-4-5-7-12)14(17)13(10)9-15-3/h8,12,15H,4-7,9H2,1-3H3. The average molecular weight is 234 g/mol. The fourth-order valence-corrected chi connectivity index (χ4v) is 2.95. The van der Waals surface area contributed by atoms with Crippen LogP contribution in [-0.2, 0) is 6.54 Å². The fourth-order valence-electron chi connectivity index (χ4n) is 2.95. The lowest BCUT2D eigenvalue weighted by Gasteiger charge is -2.19. The number of hydrogen-bond donors (Lipinski definition) is 1. The van der Waals surface area contributed by atoms with Gasteiger partial charge < -0.3 is 9.88 Å². The Bertz CT molecular complexity index is 456. The van der Waals surface area contributed by atoms with E-state index in [0.29, 0.717) is 12.6 Å². The number of pyridine rings is 1. The molecule has 17 heavy (non-hydrogen) atoms. The van der Waals surface area contributed by atoms with Crippen molar-refractivity contribution in [1.29, 1.82) is 0 Å². The minimum Gasteiger partial charge on any atom is -0.315 e. The van der Waals surface area contributed by atoms with E-state index < -0.39 is 0 Å². The maximum Gasteiger partial charge on any atom is 0.255 e. The van der Waals surface area contributed by atoms with Crippen LogP contribution >= 0.6 is 0 Å². The lowest BCUT2D eigenvalue weighted by atomic mass is 10.1. The fraction of sp³-hybridized carbons (Fsp3) is 0.643. The van der Waals surface area contributed by atoms with Crippen LogP contribution in [0.2, 0.25) is 0 Å². The molecule has 0 saturated heterocycles. The molecule has 0 spiro atoms. The van der Waals surface area contributed by atoms with Crippen LogP contribution in [0.15, 0.2) is 10.9 Å². The molecule has 2 rings (SSSR count). The Morgan fingerprint density at radius 3 is 2.59 bits per heavy atom. The van der Waals surface area contributed by atoms with E-state index >= 15 is 0 Å². The van der Waals surface area contributed by atoms with Gasteiger partial charge >= 0.3 is 0 Å². The predicted molar refractivity (Wildman–Crippen MR) is 70.4 cm³/mol. The van der Waals surface area contributed by atoms with Gasteiger partial charge in [-0.1, -0.05) is 12.8 Å². The molecule has 0 atom stereocenters. The molecule has 1 aliphatic carbocycles. The normalized spacial score (nSPS) is 16.6. The van der Waals surface area contributed by atoms with Gasteiger partial charge in [-0.25, -0.2) is 0 Å². The van der Waals surface area contributed by atoms with Gasteiger partial charge in [0, 0.05) is 23.8 Å². The van der Waals surface area contributed by atoms with Crippen LogP contribution in [0.25, 0.3) is 0 Å². The van der Waals surface area contributed by atoms with E-state index in [1.165, 1.54) is 12.8 Å². The molecule has 1 N–H and O–H groups in total. The number of rotatable bonds is 3. The van der Waals surface area contributed by atoms with Crippen LogP contribution in [0, 0.1) is 13.8 Å². The molecule has 0 bridgehead atoms. The van der Waals surface area contributed by atoms with Gasteiger partial charge in [-0.2, -0.15) is 0 Å². The molecule has 3 nitrogen and oxygen atoms in total. The molecule has 1 heterocycles. The molecule has 94 valence electrons. The quantitative estimate of drug-likeness (QED) is 0.870. The summed E-state index contributed by atoms with van der Waals surface area (Å²) < 4.78 is 2.02. The summed E-state index contributed by atoms with van der Waals surface area (Å²) in [6.07, 6.45) is 4.82. The van der Waals surface area contributed by atoms with Crippen molar-refractivity contribution >= 4 is 0 Å². The lowest BCUT2D eigenvalue weighted by Crippen LogP contribution is -2.31. The van der Waals surface area contributed by atoms with Gasteiger partial charge in [0.1, 0.15) is 0 Å². The summed E-state index contributed by atoms with van der Waals surface area (Å²) >= 11 is 0. The second-order valence-electron chi connectivity index (χ2n) is 5.09. The Labute approximate surface area is 103 Å². The molecule has 0 aliphatic heterocycles. The van der Waals surface area contributed by atoms with Gasteiger partial charge in [-0.15, -0.1) is 0 Å². The zero-order valence-corrected chi connectivity index (χ0v) is 11.0. The Morgan fingerprint density at radius 1 is 1.35 bits per heavy atom. The third-order valence-corrected chi connectivity index (χ3v) is 3.80. The maximum absolute atomic E-state index is 12.5. The Morgan fingerprint density at radius 2 is 2.00 bits per heavy atom. The highest BCUT2D eigenvalue weighted by atomic mass is 16.1. The van der Waals surface area contributed by atoms with Crippen molar-refractivity contribution in [3.8, 4) is 0 Å². The van der Waals surface area contributed by atoms with Crippen LogP contribution in [0.1, 0.15) is 48.5 Å². The van der Waals surface area contributed by atoms with Gasteiger partial charge in [-0.05, 0) is 45.4 Å². The SMILES string of the molecule is CNCc1c(C)cc(C)n(C2CCCC2)c1=O. The lowest BCUT2D eigenvalue weighted by molar-refractivity contribution is 0.486. The smallest absolute Gasteiger partial charge is 0.255 e. The highest BCUT2D eigenvalue weighted by Gasteiger charge is 2.21. The minimum atomic E-state index is 0.212. The molecular weight excluding hydrogens is 212 g/mol. The first-order chi connectivity index (χ1) is 8.15. The highest BCUT2D eigenvalue weighted by Crippen LogP contribution is 2.29. The van der Waals surface area contributed by atoms with Gasteiger partial charge in [0.15, 0.2) is 0 Å². The van der Waals surface area contributed by atoms with Crippen molar-refractivity contribution < 1.29 is 0 Å². The van der Waals surface area contributed by atoms with Crippen molar-refractivity contribution in [2.45, 2.75) is 52.1 Å². The molecule has 1 aromatic rings. The molecular formula is C14H22N2O. The van der Waals surface area contributed by atoms with E-state index in [9.17, 15) is 4.79 Å². The third kappa shape index (κ3) is 2.29. The van der Waals surface area contributed by atoms with Gasteiger partial charge in [-0.3, -0.25) is 4.79 Å². The number of nitrogens with one attached hydrogen (secondary N) is 1. The minimum absolute atomic E-state index is 0.212. The molecule has 1 aliphatic rings. The zero-order valence-electron chi connectivity index (χ0n) is 11.0. The largest absolute Gasteiger partial charge is 0.315 e. The first kappa shape index (κ1) is 12.4. The van der Waals surface area contributed by atoms with Gasteiger partial charge in [0.2, 0.25) is 0 Å². The summed E-state index contributed by atoms with van der Waals surface area (Å²) in [6.45, 7) is 4.74. The summed E-state index contributed by atoms with van der Waals surface area (Å²) in [4.78, 5) is 12.5. The summed E-state index contributed by atoms with van der Waals surface area (Å²) in [5, 5.41) is 3.09. The Hall–Kier alpha value is -1.09. The highest BCUT2D eigenvalue weighted by molar-refractivity contribution is 5.26. The van der Waals surface area contributed by atoms with E-state index in [0.717, 1.165) is 29.7 Å². The van der Waals surface area contributed by atoms with Crippen molar-refractivity contribution in [3.05, 3.63) is 33.2 Å². The number of hydrogen-bond acceptors (Lipinski definition) is 2. The van der Waals surface area contributed by atoms with E-state index in [1.54, 1.807) is 0 Å². The molecule has 1 fully saturated rings. The van der Waals surface area contributed by atoms with Crippen LogP contribution in [-0.4, -0.2) is 11.6 Å². The van der Waals surface area contributed by atoms with Crippen molar-refractivity contribution in [2.75, 3.05) is 7.05 Å². The third-order valence-electron chi connectivity index (χ3n) is 3.80. The molecule has 0 amide bonds. The molecule has 0 aromatic carbocycles. The molecule has 1 saturated carbocycles. The summed E-state index contributed by atoms with van der Waals surface area (Å²) in [7, 11) is 1.89. The van der Waals surface area contributed by atoms with Crippen molar-refractivity contribution in [3.63, 3.8) is 0 Å². The van der Waals surface area contributed by atoms with Crippen LogP contribution < -0.4 is 10.9 Å². The molecule has 3 heteroatoms. The summed E-state index contributed by atoms with van der Waals surface area (Å²) in [5.74, 6) is 0. The Kier molecular flexibility index (Phi) is 3.67. The topological polar surface area (TPSA) is 34.0 Å². The van der Waals surface area contributed by atoms with E-state index in [4.69, 9.17) is 0 Å². The van der Waals surface area contributed by atoms with E-state index in [-0.39, 0.29) is 5.56 Å². The Balaban J connectivity index is 2.50. The zero-order chi connectivity index (χ0) is 12.4. The van der Waals surface area contributed by atoms with Crippen molar-refractivity contribution in [2.24, 2.45) is 0 Å². The van der Waals surface area contributed by atoms with Crippen molar-refractivity contribution in [1.82, 2.24) is 9.88 Å². The maximum atomic E-state index is 12.5. The number of nitrogens with zero attached hydrogens (tertiary/aromatic N) is 1. The second kappa shape index (κ2) is 5.05. The second-order valence-corrected chi connectivity index (χ2v) is 5.09. The molecule has 1 aromatic heterocycles. The van der Waals surface area contributed by atoms with Crippen LogP contribution in [0.3, 0.4) is 0 Å². The number of aromatic nitrogens is 1. The van der Waals surface area contributed by atoms with E-state index in [1.807, 2.05) is 18.5 Å². The van der Waals surface area contributed by atoms with Crippen LogP contribution in [0.4, 0.5) is 0 Å². The predicted octanol–water partition coefficient (Wildman–Crippen LogP) is 2.30. The molecule has 0 radical (unpaired) electrons. The van der Waals surface area contributed by atoms with E-state index in [2.05, 4.69) is 18.3 Å².